The lowest BCUT2D eigenvalue weighted by Crippen LogP contribution is -2.40. The van der Waals surface area contributed by atoms with E-state index in [1.54, 1.807) is 49.4 Å². The Kier molecular flexibility index (Phi) is 9.13. The third kappa shape index (κ3) is 7.53. The Labute approximate surface area is 203 Å². The average Bonchev–Trinajstić information content (AvgIpc) is 2.90. The molecule has 8 nitrogen and oxygen atoms in total. The smallest absolute Gasteiger partial charge is 0.326 e. The molecule has 0 aliphatic heterocycles. The van der Waals surface area contributed by atoms with Gasteiger partial charge in [0.2, 0.25) is 0 Å². The number of nitrogens with zero attached hydrogens (tertiary/aromatic N) is 1. The molecule has 0 radical (unpaired) electrons. The maximum absolute atomic E-state index is 12.6. The number of carbonyl (C=O) groups excluding carboxylic acids is 4. The molecule has 0 aromatic heterocycles. The number of benzene rings is 3. The number of ether oxygens (including phenoxy) is 2. The summed E-state index contributed by atoms with van der Waals surface area (Å²) in [5.41, 5.74) is 2.85. The fourth-order valence-corrected chi connectivity index (χ4v) is 3.24. The Balaban J connectivity index is 1.50. The summed E-state index contributed by atoms with van der Waals surface area (Å²) in [5, 5.41) is 2.48. The van der Waals surface area contributed by atoms with E-state index in [-0.39, 0.29) is 13.2 Å². The van der Waals surface area contributed by atoms with Crippen molar-refractivity contribution in [1.82, 2.24) is 5.32 Å². The van der Waals surface area contributed by atoms with Gasteiger partial charge in [-0.1, -0.05) is 60.7 Å². The van der Waals surface area contributed by atoms with Crippen LogP contribution >= 0.6 is 0 Å². The first-order valence-electron chi connectivity index (χ1n) is 11.1. The molecule has 3 rings (SSSR count). The molecule has 0 atom stereocenters. The third-order valence-corrected chi connectivity index (χ3v) is 4.97. The van der Waals surface area contributed by atoms with Crippen LogP contribution in [-0.4, -0.2) is 50.1 Å². The summed E-state index contributed by atoms with van der Waals surface area (Å²) >= 11 is 0. The van der Waals surface area contributed by atoms with E-state index in [0.29, 0.717) is 11.3 Å². The van der Waals surface area contributed by atoms with Crippen molar-refractivity contribution >= 4 is 29.4 Å². The molecule has 0 unspecified atom stereocenters. The minimum absolute atomic E-state index is 0.180. The number of hydrogen-bond donors (Lipinski definition) is 1. The highest BCUT2D eigenvalue weighted by Gasteiger charge is 2.21. The summed E-state index contributed by atoms with van der Waals surface area (Å²) in [5.74, 6) is -2.40. The van der Waals surface area contributed by atoms with Crippen LogP contribution < -0.4 is 10.2 Å². The monoisotopic (exact) mass is 474 g/mol. The molecular formula is C27H26N2O6. The summed E-state index contributed by atoms with van der Waals surface area (Å²) < 4.78 is 9.94. The van der Waals surface area contributed by atoms with Gasteiger partial charge in [0.15, 0.2) is 6.61 Å². The fraction of sp³-hybridized carbons (Fsp3) is 0.185. The Morgan fingerprint density at radius 2 is 1.34 bits per heavy atom. The molecule has 180 valence electrons. The fourth-order valence-electron chi connectivity index (χ4n) is 3.24. The lowest BCUT2D eigenvalue weighted by atomic mass is 10.0. The van der Waals surface area contributed by atoms with Gasteiger partial charge < -0.3 is 14.8 Å². The molecule has 3 aromatic carbocycles. The van der Waals surface area contributed by atoms with Crippen LogP contribution in [0.1, 0.15) is 17.3 Å². The highest BCUT2D eigenvalue weighted by molar-refractivity contribution is 5.99. The van der Waals surface area contributed by atoms with E-state index in [9.17, 15) is 19.2 Å². The minimum atomic E-state index is -0.781. The Morgan fingerprint density at radius 1 is 0.743 bits per heavy atom. The molecule has 35 heavy (non-hydrogen) atoms. The summed E-state index contributed by atoms with van der Waals surface area (Å²) in [6.07, 6.45) is 0. The summed E-state index contributed by atoms with van der Waals surface area (Å²) in [6.45, 7) is 0.536. The van der Waals surface area contributed by atoms with Gasteiger partial charge in [-0.15, -0.1) is 0 Å². The molecule has 1 N–H and O–H groups in total. The van der Waals surface area contributed by atoms with Crippen molar-refractivity contribution in [1.29, 1.82) is 0 Å². The number of anilines is 1. The Bertz CT molecular complexity index is 1150. The van der Waals surface area contributed by atoms with Crippen molar-refractivity contribution in [3.63, 3.8) is 0 Å². The zero-order valence-electron chi connectivity index (χ0n) is 19.3. The molecule has 0 saturated heterocycles. The molecule has 0 heterocycles. The van der Waals surface area contributed by atoms with Gasteiger partial charge in [-0.2, -0.15) is 0 Å². The lowest BCUT2D eigenvalue weighted by molar-refractivity contribution is -0.147. The second-order valence-corrected chi connectivity index (χ2v) is 7.41. The SMILES string of the molecule is CCOC(=O)CN(C(=O)COC(=O)CNC(=O)c1ccc(-c2ccccc2)cc1)c1ccccc1. The van der Waals surface area contributed by atoms with E-state index < -0.39 is 36.9 Å². The highest BCUT2D eigenvalue weighted by Crippen LogP contribution is 2.19. The van der Waals surface area contributed by atoms with Crippen molar-refractivity contribution < 1.29 is 28.7 Å². The number of carbonyl (C=O) groups is 4. The lowest BCUT2D eigenvalue weighted by Gasteiger charge is -2.21. The first-order valence-corrected chi connectivity index (χ1v) is 11.1. The van der Waals surface area contributed by atoms with Gasteiger partial charge in [0.1, 0.15) is 13.1 Å². The molecule has 0 aliphatic rings. The van der Waals surface area contributed by atoms with Gasteiger partial charge in [-0.3, -0.25) is 24.1 Å². The molecule has 0 fully saturated rings. The standard InChI is InChI=1S/C27H26N2O6/c1-2-34-26(32)18-29(23-11-7-4-8-12-23)24(30)19-35-25(31)17-28-27(33)22-15-13-21(14-16-22)20-9-5-3-6-10-20/h3-16H,2,17-19H2,1H3,(H,28,33). The van der Waals surface area contributed by atoms with Crippen LogP contribution in [0.25, 0.3) is 11.1 Å². The van der Waals surface area contributed by atoms with Crippen LogP contribution in [-0.2, 0) is 23.9 Å². The summed E-state index contributed by atoms with van der Waals surface area (Å²) in [4.78, 5) is 50.2. The van der Waals surface area contributed by atoms with E-state index in [2.05, 4.69) is 5.32 Å². The molecule has 2 amide bonds. The maximum atomic E-state index is 12.6. The number of hydrogen-bond acceptors (Lipinski definition) is 6. The van der Waals surface area contributed by atoms with Crippen LogP contribution in [0.5, 0.6) is 0 Å². The summed E-state index contributed by atoms with van der Waals surface area (Å²) in [6, 6.07) is 25.2. The van der Waals surface area contributed by atoms with Crippen molar-refractivity contribution in [3.8, 4) is 11.1 Å². The van der Waals surface area contributed by atoms with Crippen LogP contribution in [0.2, 0.25) is 0 Å². The van der Waals surface area contributed by atoms with Gasteiger partial charge in [0.25, 0.3) is 11.8 Å². The van der Waals surface area contributed by atoms with Crippen molar-refractivity contribution in [2.24, 2.45) is 0 Å². The molecule has 0 spiro atoms. The number of para-hydroxylation sites is 1. The zero-order valence-corrected chi connectivity index (χ0v) is 19.3. The second-order valence-electron chi connectivity index (χ2n) is 7.41. The number of rotatable bonds is 10. The van der Waals surface area contributed by atoms with Crippen LogP contribution in [0.15, 0.2) is 84.9 Å². The highest BCUT2D eigenvalue weighted by atomic mass is 16.5. The largest absolute Gasteiger partial charge is 0.465 e. The first kappa shape index (κ1) is 25.2. The molecule has 0 saturated carbocycles. The predicted octanol–water partition coefficient (Wildman–Crippen LogP) is 3.22. The predicted molar refractivity (Wildman–Crippen MR) is 131 cm³/mol. The van der Waals surface area contributed by atoms with E-state index in [4.69, 9.17) is 9.47 Å². The first-order chi connectivity index (χ1) is 17.0. The maximum Gasteiger partial charge on any atom is 0.326 e. The molecule has 8 heteroatoms. The summed E-state index contributed by atoms with van der Waals surface area (Å²) in [7, 11) is 0. The molecule has 3 aromatic rings. The van der Waals surface area contributed by atoms with Gasteiger partial charge in [-0.05, 0) is 42.3 Å². The normalized spacial score (nSPS) is 10.2. The number of nitrogens with one attached hydrogen (secondary N) is 1. The van der Waals surface area contributed by atoms with Crippen molar-refractivity contribution in [3.05, 3.63) is 90.5 Å². The van der Waals surface area contributed by atoms with Gasteiger partial charge >= 0.3 is 11.9 Å². The van der Waals surface area contributed by atoms with Gasteiger partial charge in [-0.25, -0.2) is 0 Å². The van der Waals surface area contributed by atoms with E-state index >= 15 is 0 Å². The molecular weight excluding hydrogens is 448 g/mol. The van der Waals surface area contributed by atoms with Crippen LogP contribution in [0.3, 0.4) is 0 Å². The van der Waals surface area contributed by atoms with Crippen molar-refractivity contribution in [2.75, 3.05) is 31.2 Å². The van der Waals surface area contributed by atoms with Gasteiger partial charge in [0, 0.05) is 11.3 Å². The quantitative estimate of drug-likeness (QED) is 0.453. The Morgan fingerprint density at radius 3 is 1.97 bits per heavy atom. The number of amides is 2. The minimum Gasteiger partial charge on any atom is -0.465 e. The average molecular weight is 475 g/mol. The zero-order chi connectivity index (χ0) is 25.0. The van der Waals surface area contributed by atoms with E-state index in [1.807, 2.05) is 42.5 Å². The van der Waals surface area contributed by atoms with E-state index in [0.717, 1.165) is 11.1 Å². The van der Waals surface area contributed by atoms with Crippen molar-refractivity contribution in [2.45, 2.75) is 6.92 Å². The van der Waals surface area contributed by atoms with Crippen LogP contribution in [0.4, 0.5) is 5.69 Å². The number of esters is 2. The molecule has 0 bridgehead atoms. The topological polar surface area (TPSA) is 102 Å². The third-order valence-electron chi connectivity index (χ3n) is 4.97. The molecule has 0 aliphatic carbocycles. The van der Waals surface area contributed by atoms with E-state index in [1.165, 1.54) is 4.90 Å². The Hall–Kier alpha value is -4.46. The van der Waals surface area contributed by atoms with Crippen LogP contribution in [0, 0.1) is 0 Å². The van der Waals surface area contributed by atoms with Gasteiger partial charge in [0.05, 0.1) is 6.61 Å². The second kappa shape index (κ2) is 12.7.